The van der Waals surface area contributed by atoms with E-state index in [1.54, 1.807) is 50.6 Å². The molecule has 0 bridgehead atoms. The fraction of sp³-hybridized carbons (Fsp3) is 0.212. The summed E-state index contributed by atoms with van der Waals surface area (Å²) in [6, 6.07) is 13.6. The number of phenols is 2. The average Bonchev–Trinajstić information content (AvgIpc) is 2.98. The molecule has 0 amide bonds. The molecule has 8 nitrogen and oxygen atoms in total. The Morgan fingerprint density at radius 1 is 0.683 bits per heavy atom. The second-order valence-corrected chi connectivity index (χ2v) is 9.13. The topological polar surface area (TPSA) is 112 Å². The summed E-state index contributed by atoms with van der Waals surface area (Å²) in [5.74, 6) is 0.842. The molecule has 0 spiro atoms. The maximum absolute atomic E-state index is 12.5. The lowest BCUT2D eigenvalue weighted by molar-refractivity contribution is -0.121. The number of carbonyl (C=O) groups excluding carboxylic acids is 2. The number of methoxy groups -OCH3 is 4. The lowest BCUT2D eigenvalue weighted by Gasteiger charge is -2.14. The van der Waals surface area contributed by atoms with Crippen LogP contribution in [0, 0.1) is 0 Å². The van der Waals surface area contributed by atoms with Gasteiger partial charge in [0.05, 0.1) is 34.9 Å². The zero-order valence-corrected chi connectivity index (χ0v) is 23.7. The van der Waals surface area contributed by atoms with Gasteiger partial charge in [0.15, 0.2) is 46.1 Å². The normalized spacial score (nSPS) is 12.1. The van der Waals surface area contributed by atoms with Crippen molar-refractivity contribution in [2.24, 2.45) is 0 Å². The van der Waals surface area contributed by atoms with Crippen molar-refractivity contribution in [2.45, 2.75) is 19.3 Å². The molecule has 0 aliphatic rings. The summed E-state index contributed by atoms with van der Waals surface area (Å²) in [7, 11) is 6.04. The first-order valence-electron chi connectivity index (χ1n) is 12.8. The maximum Gasteiger partial charge on any atom is 0.163 e. The molecule has 3 aromatic rings. The van der Waals surface area contributed by atoms with Gasteiger partial charge in [0.1, 0.15) is 0 Å². The lowest BCUT2D eigenvalue weighted by atomic mass is 9.95. The first kappa shape index (κ1) is 30.6. The van der Waals surface area contributed by atoms with E-state index < -0.39 is 0 Å². The zero-order chi connectivity index (χ0) is 29.9. The van der Waals surface area contributed by atoms with E-state index in [0.717, 1.165) is 5.56 Å². The van der Waals surface area contributed by atoms with Crippen LogP contribution in [0.25, 0.3) is 18.2 Å². The van der Waals surface area contributed by atoms with Crippen LogP contribution in [-0.4, -0.2) is 50.2 Å². The summed E-state index contributed by atoms with van der Waals surface area (Å²) < 4.78 is 21.1. The Labute approximate surface area is 239 Å². The van der Waals surface area contributed by atoms with Crippen LogP contribution in [-0.2, 0) is 9.59 Å². The molecule has 0 radical (unpaired) electrons. The summed E-state index contributed by atoms with van der Waals surface area (Å²) in [5, 5.41) is 20.5. The van der Waals surface area contributed by atoms with Gasteiger partial charge in [0.2, 0.25) is 0 Å². The molecule has 0 unspecified atom stereocenters. The van der Waals surface area contributed by atoms with E-state index in [4.69, 9.17) is 18.9 Å². The molecule has 0 aromatic heterocycles. The number of hydrogen-bond donors (Lipinski definition) is 2. The van der Waals surface area contributed by atoms with E-state index in [0.29, 0.717) is 28.2 Å². The van der Waals surface area contributed by atoms with Crippen LogP contribution in [0.2, 0.25) is 0 Å². The summed E-state index contributed by atoms with van der Waals surface area (Å²) in [5.41, 5.74) is 2.78. The van der Waals surface area contributed by atoms with Crippen molar-refractivity contribution in [1.29, 1.82) is 0 Å². The van der Waals surface area contributed by atoms with Crippen LogP contribution >= 0.6 is 0 Å². The Bertz CT molecular complexity index is 1480. The Morgan fingerprint density at radius 2 is 1.22 bits per heavy atom. The highest BCUT2D eigenvalue weighted by Gasteiger charge is 2.15. The SMILES string of the molecule is COc1cc(/C=C/C(=O)CC(=O)/C=C/c2cc(OC)c(O)c([C@@H](C)/C=C/c3ccc(OC)c(OC)c3)c2)ccc1O. The third kappa shape index (κ3) is 8.25. The third-order valence-electron chi connectivity index (χ3n) is 6.30. The number of benzene rings is 3. The van der Waals surface area contributed by atoms with Crippen molar-refractivity contribution in [3.63, 3.8) is 0 Å². The van der Waals surface area contributed by atoms with Crippen LogP contribution in [0.15, 0.2) is 66.8 Å². The van der Waals surface area contributed by atoms with Crippen LogP contribution in [0.4, 0.5) is 0 Å². The number of aromatic hydroxyl groups is 2. The zero-order valence-electron chi connectivity index (χ0n) is 23.7. The molecule has 0 saturated heterocycles. The van der Waals surface area contributed by atoms with E-state index in [1.807, 2.05) is 37.3 Å². The molecule has 1 atom stereocenters. The number of carbonyl (C=O) groups is 2. The Balaban J connectivity index is 1.72. The molecule has 214 valence electrons. The first-order chi connectivity index (χ1) is 19.7. The van der Waals surface area contributed by atoms with Crippen molar-refractivity contribution in [3.05, 3.63) is 89.0 Å². The van der Waals surface area contributed by atoms with Gasteiger partial charge >= 0.3 is 0 Å². The second kappa shape index (κ2) is 14.4. The average molecular weight is 559 g/mol. The molecule has 0 saturated carbocycles. The van der Waals surface area contributed by atoms with Gasteiger partial charge in [-0.2, -0.15) is 0 Å². The van der Waals surface area contributed by atoms with Crippen LogP contribution < -0.4 is 18.9 Å². The molecule has 0 fully saturated rings. The number of hydrogen-bond acceptors (Lipinski definition) is 8. The van der Waals surface area contributed by atoms with Crippen molar-refractivity contribution < 1.29 is 38.7 Å². The van der Waals surface area contributed by atoms with E-state index in [1.165, 1.54) is 32.4 Å². The van der Waals surface area contributed by atoms with E-state index in [-0.39, 0.29) is 46.9 Å². The van der Waals surface area contributed by atoms with Crippen molar-refractivity contribution in [2.75, 3.05) is 28.4 Å². The van der Waals surface area contributed by atoms with Crippen LogP contribution in [0.1, 0.15) is 41.5 Å². The van der Waals surface area contributed by atoms with Gasteiger partial charge in [-0.1, -0.05) is 43.4 Å². The molecular formula is C33H34O8. The summed E-state index contributed by atoms with van der Waals surface area (Å²) >= 11 is 0. The fourth-order valence-electron chi connectivity index (χ4n) is 4.03. The third-order valence-corrected chi connectivity index (χ3v) is 6.30. The quantitative estimate of drug-likeness (QED) is 0.188. The Kier molecular flexibility index (Phi) is 10.7. The van der Waals surface area contributed by atoms with E-state index >= 15 is 0 Å². The lowest BCUT2D eigenvalue weighted by Crippen LogP contribution is -2.02. The number of phenolic OH excluding ortho intramolecular Hbond substituents is 2. The van der Waals surface area contributed by atoms with Gasteiger partial charge < -0.3 is 29.2 Å². The Hall–Kier alpha value is -4.98. The van der Waals surface area contributed by atoms with Gasteiger partial charge in [-0.25, -0.2) is 0 Å². The van der Waals surface area contributed by atoms with Gasteiger partial charge in [0, 0.05) is 11.5 Å². The van der Waals surface area contributed by atoms with Crippen molar-refractivity contribution >= 4 is 29.8 Å². The summed E-state index contributed by atoms with van der Waals surface area (Å²) in [6.45, 7) is 1.93. The highest BCUT2D eigenvalue weighted by Crippen LogP contribution is 2.37. The number of allylic oxidation sites excluding steroid dienone is 3. The molecule has 0 aliphatic heterocycles. The molecule has 8 heteroatoms. The smallest absolute Gasteiger partial charge is 0.163 e. The predicted octanol–water partition coefficient (Wildman–Crippen LogP) is 6.20. The van der Waals surface area contributed by atoms with E-state index in [9.17, 15) is 19.8 Å². The van der Waals surface area contributed by atoms with Gasteiger partial charge in [-0.3, -0.25) is 9.59 Å². The Morgan fingerprint density at radius 3 is 1.85 bits per heavy atom. The second-order valence-electron chi connectivity index (χ2n) is 9.13. The molecule has 41 heavy (non-hydrogen) atoms. The highest BCUT2D eigenvalue weighted by molar-refractivity contribution is 6.10. The van der Waals surface area contributed by atoms with Crippen LogP contribution in [0.5, 0.6) is 34.5 Å². The monoisotopic (exact) mass is 558 g/mol. The van der Waals surface area contributed by atoms with E-state index in [2.05, 4.69) is 0 Å². The van der Waals surface area contributed by atoms with Gasteiger partial charge in [-0.15, -0.1) is 0 Å². The number of ether oxygens (including phenoxy) is 4. The molecule has 2 N–H and O–H groups in total. The number of rotatable bonds is 13. The fourth-order valence-corrected chi connectivity index (χ4v) is 4.03. The van der Waals surface area contributed by atoms with Crippen molar-refractivity contribution in [1.82, 2.24) is 0 Å². The summed E-state index contributed by atoms with van der Waals surface area (Å²) in [4.78, 5) is 24.8. The molecule has 0 heterocycles. The van der Waals surface area contributed by atoms with Gasteiger partial charge in [-0.05, 0) is 65.2 Å². The first-order valence-corrected chi connectivity index (χ1v) is 12.8. The van der Waals surface area contributed by atoms with Crippen LogP contribution in [0.3, 0.4) is 0 Å². The molecule has 3 rings (SSSR count). The van der Waals surface area contributed by atoms with Crippen molar-refractivity contribution in [3.8, 4) is 34.5 Å². The standard InChI is InChI=1S/C33H34O8/c1-21(6-7-22-11-15-29(38-2)31(18-22)40-4)27-16-24(19-32(41-5)33(27)37)9-13-26(35)20-25(34)12-8-23-10-14-28(36)30(17-23)39-3/h6-19,21,36-37H,20H2,1-5H3/b7-6+,12-8+,13-9+/t21-/m0/s1. The molecule has 3 aromatic carbocycles. The largest absolute Gasteiger partial charge is 0.504 e. The minimum absolute atomic E-state index is 0.00590. The number of ketones is 2. The minimum atomic E-state index is -0.377. The molecular weight excluding hydrogens is 524 g/mol. The maximum atomic E-state index is 12.5. The minimum Gasteiger partial charge on any atom is -0.504 e. The van der Waals surface area contributed by atoms with Gasteiger partial charge in [0.25, 0.3) is 0 Å². The molecule has 0 aliphatic carbocycles. The predicted molar refractivity (Wildman–Crippen MR) is 159 cm³/mol. The highest BCUT2D eigenvalue weighted by atomic mass is 16.5. The summed E-state index contributed by atoms with van der Waals surface area (Å²) in [6.07, 6.45) is 9.31.